The fraction of sp³-hybridized carbons (Fsp3) is 0.0667. The number of oxazole rings is 1. The zero-order chi connectivity index (χ0) is 18.0. The van der Waals surface area contributed by atoms with Gasteiger partial charge in [0.05, 0.1) is 16.5 Å². The predicted molar refractivity (Wildman–Crippen MR) is 94.0 cm³/mol. The van der Waals surface area contributed by atoms with E-state index < -0.39 is 22.5 Å². The van der Waals surface area contributed by atoms with Crippen LogP contribution in [0.5, 0.6) is 0 Å². The van der Waals surface area contributed by atoms with Crippen LogP contribution in [-0.2, 0) is 14.8 Å². The molecule has 0 radical (unpaired) electrons. The summed E-state index contributed by atoms with van der Waals surface area (Å²) in [6, 6.07) is 11.4. The number of para-hydroxylation sites is 2. The van der Waals surface area contributed by atoms with E-state index in [0.29, 0.717) is 21.2 Å². The average molecular weight is 398 g/mol. The highest BCUT2D eigenvalue weighted by Gasteiger charge is 2.19. The Morgan fingerprint density at radius 2 is 2.04 bits per heavy atom. The standard InChI is InChI=1S/C15H12ClN3O4S2/c16-10-7-9(25(21,22)19-14(20)8-17)5-6-13(10)24-15-18-11-3-1-2-4-12(11)23-15/h1-7H,8,17H2,(H,19,20). The SMILES string of the molecule is NCC(=O)NS(=O)(=O)c1ccc(Sc2nc3ccccc3o2)c(Cl)c1. The number of carbonyl (C=O) groups excluding carboxylic acids is 1. The molecule has 7 nitrogen and oxygen atoms in total. The summed E-state index contributed by atoms with van der Waals surface area (Å²) in [6.45, 7) is -0.432. The van der Waals surface area contributed by atoms with Gasteiger partial charge in [0.1, 0.15) is 5.52 Å². The molecule has 10 heteroatoms. The van der Waals surface area contributed by atoms with Gasteiger partial charge >= 0.3 is 0 Å². The largest absolute Gasteiger partial charge is 0.431 e. The van der Waals surface area contributed by atoms with Crippen molar-refractivity contribution in [1.29, 1.82) is 0 Å². The third-order valence-corrected chi connectivity index (χ3v) is 5.84. The highest BCUT2D eigenvalue weighted by atomic mass is 35.5. The Bertz CT molecular complexity index is 1020. The number of benzene rings is 2. The minimum Gasteiger partial charge on any atom is -0.431 e. The molecule has 3 aromatic rings. The van der Waals surface area contributed by atoms with E-state index in [1.54, 1.807) is 6.07 Å². The molecule has 1 aromatic heterocycles. The molecule has 3 N–H and O–H groups in total. The van der Waals surface area contributed by atoms with Gasteiger partial charge in [0.25, 0.3) is 15.2 Å². The first-order valence-electron chi connectivity index (χ1n) is 6.98. The maximum absolute atomic E-state index is 12.1. The maximum Gasteiger partial charge on any atom is 0.264 e. The molecule has 2 aromatic carbocycles. The number of hydrogen-bond donors (Lipinski definition) is 2. The molecular weight excluding hydrogens is 386 g/mol. The van der Waals surface area contributed by atoms with Crippen molar-refractivity contribution in [3.63, 3.8) is 0 Å². The van der Waals surface area contributed by atoms with E-state index in [1.165, 1.54) is 30.0 Å². The Morgan fingerprint density at radius 3 is 2.72 bits per heavy atom. The molecule has 3 rings (SSSR count). The molecule has 0 bridgehead atoms. The first-order chi connectivity index (χ1) is 11.9. The summed E-state index contributed by atoms with van der Waals surface area (Å²) >= 11 is 7.33. The van der Waals surface area contributed by atoms with Gasteiger partial charge in [0.2, 0.25) is 5.91 Å². The zero-order valence-electron chi connectivity index (χ0n) is 12.6. The molecule has 0 aliphatic heterocycles. The first kappa shape index (κ1) is 17.7. The molecule has 0 unspecified atom stereocenters. The molecule has 0 aliphatic carbocycles. The lowest BCUT2D eigenvalue weighted by Gasteiger charge is -2.07. The number of nitrogens with two attached hydrogens (primary N) is 1. The molecule has 25 heavy (non-hydrogen) atoms. The van der Waals surface area contributed by atoms with E-state index in [9.17, 15) is 13.2 Å². The van der Waals surface area contributed by atoms with Gasteiger partial charge in [0.15, 0.2) is 5.58 Å². The summed E-state index contributed by atoms with van der Waals surface area (Å²) in [5.41, 5.74) is 6.46. The predicted octanol–water partition coefficient (Wildman–Crippen LogP) is 2.40. The van der Waals surface area contributed by atoms with Gasteiger partial charge in [-0.1, -0.05) is 23.7 Å². The number of aromatic nitrogens is 1. The van der Waals surface area contributed by atoms with Gasteiger partial charge in [-0.3, -0.25) is 4.79 Å². The van der Waals surface area contributed by atoms with E-state index in [4.69, 9.17) is 21.8 Å². The molecule has 130 valence electrons. The minimum atomic E-state index is -4.02. The second-order valence-corrected chi connectivity index (χ2v) is 7.96. The van der Waals surface area contributed by atoms with E-state index in [1.807, 2.05) is 22.9 Å². The number of carbonyl (C=O) groups is 1. The van der Waals surface area contributed by atoms with Crippen molar-refractivity contribution in [3.8, 4) is 0 Å². The number of rotatable bonds is 5. The molecule has 0 aliphatic rings. The van der Waals surface area contributed by atoms with Crippen molar-refractivity contribution >= 4 is 50.4 Å². The average Bonchev–Trinajstić information content (AvgIpc) is 2.98. The molecule has 0 saturated heterocycles. The maximum atomic E-state index is 12.1. The van der Waals surface area contributed by atoms with Gasteiger partial charge in [-0.25, -0.2) is 18.1 Å². The minimum absolute atomic E-state index is 0.138. The van der Waals surface area contributed by atoms with Gasteiger partial charge in [-0.2, -0.15) is 0 Å². The molecule has 0 saturated carbocycles. The summed E-state index contributed by atoms with van der Waals surface area (Å²) in [6.07, 6.45) is 0. The van der Waals surface area contributed by atoms with Crippen LogP contribution in [0.25, 0.3) is 11.1 Å². The first-order valence-corrected chi connectivity index (χ1v) is 9.65. The number of halogens is 1. The highest BCUT2D eigenvalue weighted by Crippen LogP contribution is 2.35. The Balaban J connectivity index is 1.85. The normalized spacial score (nSPS) is 11.6. The van der Waals surface area contributed by atoms with Gasteiger partial charge in [-0.15, -0.1) is 0 Å². The lowest BCUT2D eigenvalue weighted by molar-refractivity contribution is -0.118. The lowest BCUT2D eigenvalue weighted by Crippen LogP contribution is -2.35. The van der Waals surface area contributed by atoms with Crippen LogP contribution in [0.15, 0.2) is 61.9 Å². The molecule has 0 fully saturated rings. The number of amides is 1. The molecular formula is C15H12ClN3O4S2. The van der Waals surface area contributed by atoms with Crippen molar-refractivity contribution in [1.82, 2.24) is 9.71 Å². The Kier molecular flexibility index (Phi) is 5.00. The topological polar surface area (TPSA) is 115 Å². The van der Waals surface area contributed by atoms with Crippen molar-refractivity contribution in [2.24, 2.45) is 5.73 Å². The quantitative estimate of drug-likeness (QED) is 0.679. The molecule has 1 amide bonds. The van der Waals surface area contributed by atoms with E-state index in [-0.39, 0.29) is 9.92 Å². The van der Waals surface area contributed by atoms with E-state index in [2.05, 4.69) is 4.98 Å². The smallest absolute Gasteiger partial charge is 0.264 e. The Labute approximate surface area is 152 Å². The van der Waals surface area contributed by atoms with Crippen LogP contribution in [0.3, 0.4) is 0 Å². The third-order valence-electron chi connectivity index (χ3n) is 3.12. The highest BCUT2D eigenvalue weighted by molar-refractivity contribution is 7.99. The fourth-order valence-electron chi connectivity index (χ4n) is 1.97. The van der Waals surface area contributed by atoms with Crippen LogP contribution in [-0.4, -0.2) is 25.9 Å². The number of hydrogen-bond acceptors (Lipinski definition) is 7. The number of fused-ring (bicyclic) bond motifs is 1. The van der Waals surface area contributed by atoms with E-state index in [0.717, 1.165) is 0 Å². The van der Waals surface area contributed by atoms with Crippen LogP contribution < -0.4 is 10.5 Å². The Hall–Kier alpha value is -2.07. The van der Waals surface area contributed by atoms with Crippen LogP contribution in [0.4, 0.5) is 0 Å². The molecule has 0 atom stereocenters. The monoisotopic (exact) mass is 397 g/mol. The van der Waals surface area contributed by atoms with Crippen LogP contribution in [0.1, 0.15) is 0 Å². The molecule has 1 heterocycles. The van der Waals surface area contributed by atoms with Gasteiger partial charge in [0, 0.05) is 4.90 Å². The number of nitrogens with one attached hydrogen (secondary N) is 1. The second-order valence-electron chi connectivity index (χ2n) is 4.87. The van der Waals surface area contributed by atoms with Crippen molar-refractivity contribution in [2.45, 2.75) is 15.0 Å². The van der Waals surface area contributed by atoms with Gasteiger partial charge < -0.3 is 10.2 Å². The summed E-state index contributed by atoms with van der Waals surface area (Å²) < 4.78 is 31.6. The third kappa shape index (κ3) is 3.96. The summed E-state index contributed by atoms with van der Waals surface area (Å²) in [4.78, 5) is 16.0. The Morgan fingerprint density at radius 1 is 1.28 bits per heavy atom. The summed E-state index contributed by atoms with van der Waals surface area (Å²) in [7, 11) is -4.02. The van der Waals surface area contributed by atoms with E-state index >= 15 is 0 Å². The van der Waals surface area contributed by atoms with Crippen molar-refractivity contribution in [2.75, 3.05) is 6.54 Å². The zero-order valence-corrected chi connectivity index (χ0v) is 15.0. The van der Waals surface area contributed by atoms with Crippen LogP contribution >= 0.6 is 23.4 Å². The number of sulfonamides is 1. The second kappa shape index (κ2) is 7.04. The van der Waals surface area contributed by atoms with Gasteiger partial charge in [-0.05, 0) is 42.1 Å². The molecule has 0 spiro atoms. The van der Waals surface area contributed by atoms with Crippen LogP contribution in [0, 0.1) is 0 Å². The van der Waals surface area contributed by atoms with Crippen LogP contribution in [0.2, 0.25) is 5.02 Å². The van der Waals surface area contributed by atoms with Crippen molar-refractivity contribution in [3.05, 3.63) is 47.5 Å². The lowest BCUT2D eigenvalue weighted by atomic mass is 10.3. The summed E-state index contributed by atoms with van der Waals surface area (Å²) in [5.74, 6) is -0.805. The fourth-order valence-corrected chi connectivity index (χ4v) is 4.11. The summed E-state index contributed by atoms with van der Waals surface area (Å²) in [5, 5.41) is 0.575. The number of nitrogens with zero attached hydrogens (tertiary/aromatic N) is 1. The van der Waals surface area contributed by atoms with Crippen molar-refractivity contribution < 1.29 is 17.6 Å².